The molecule has 0 heterocycles. The molecule has 0 bridgehead atoms. The lowest BCUT2D eigenvalue weighted by molar-refractivity contribution is -0.150. The Hall–Kier alpha value is -0.890. The summed E-state index contributed by atoms with van der Waals surface area (Å²) in [6.45, 7) is 0. The highest BCUT2D eigenvalue weighted by Gasteiger charge is 2.19. The molecule has 0 aliphatic carbocycles. The summed E-state index contributed by atoms with van der Waals surface area (Å²) in [6, 6.07) is 0. The average molecular weight is 189 g/mol. The van der Waals surface area contributed by atoms with Crippen molar-refractivity contribution in [1.29, 1.82) is 5.26 Å². The van der Waals surface area contributed by atoms with Crippen molar-refractivity contribution in [3.05, 3.63) is 0 Å². The summed E-state index contributed by atoms with van der Waals surface area (Å²) in [4.78, 5) is 10.9. The zero-order valence-electron chi connectivity index (χ0n) is 7.07. The Morgan fingerprint density at radius 1 is 1.75 bits per heavy atom. The second-order valence-electron chi connectivity index (χ2n) is 2.00. The van der Waals surface area contributed by atoms with Crippen LogP contribution in [0.15, 0.2) is 0 Å². The standard InChI is InChI=1S/C7H11NO3S/c1-10-7(9)6(11-5-8)3-4-12-2/h6H,3-4H2,1-2H3. The molecule has 0 aliphatic rings. The van der Waals surface area contributed by atoms with Gasteiger partial charge in [0.25, 0.3) is 6.26 Å². The van der Waals surface area contributed by atoms with Gasteiger partial charge in [-0.2, -0.15) is 17.0 Å². The number of thioether (sulfide) groups is 1. The molecule has 0 spiro atoms. The summed E-state index contributed by atoms with van der Waals surface area (Å²) in [7, 11) is 1.27. The lowest BCUT2D eigenvalue weighted by Crippen LogP contribution is -2.24. The molecule has 68 valence electrons. The SMILES string of the molecule is COC(=O)C(CCSC)OC#N. The molecule has 4 nitrogen and oxygen atoms in total. The summed E-state index contributed by atoms with van der Waals surface area (Å²) < 4.78 is 8.95. The van der Waals surface area contributed by atoms with Crippen LogP contribution in [0.2, 0.25) is 0 Å². The largest absolute Gasteiger partial charge is 0.466 e. The van der Waals surface area contributed by atoms with Crippen LogP contribution < -0.4 is 0 Å². The lowest BCUT2D eigenvalue weighted by atomic mass is 10.3. The number of rotatable bonds is 5. The van der Waals surface area contributed by atoms with Gasteiger partial charge in [-0.05, 0) is 12.0 Å². The van der Waals surface area contributed by atoms with Crippen molar-refractivity contribution in [2.45, 2.75) is 12.5 Å². The van der Waals surface area contributed by atoms with Gasteiger partial charge < -0.3 is 9.47 Å². The van der Waals surface area contributed by atoms with Crippen LogP contribution >= 0.6 is 11.8 Å². The van der Waals surface area contributed by atoms with Crippen molar-refractivity contribution in [3.8, 4) is 6.26 Å². The predicted octanol–water partition coefficient (Wildman–Crippen LogP) is 0.779. The fourth-order valence-electron chi connectivity index (χ4n) is 0.645. The molecule has 0 saturated carbocycles. The smallest absolute Gasteiger partial charge is 0.348 e. The highest BCUT2D eigenvalue weighted by Crippen LogP contribution is 2.05. The number of hydrogen-bond acceptors (Lipinski definition) is 5. The van der Waals surface area contributed by atoms with E-state index < -0.39 is 12.1 Å². The molecule has 0 radical (unpaired) electrons. The van der Waals surface area contributed by atoms with Gasteiger partial charge >= 0.3 is 5.97 Å². The minimum absolute atomic E-state index is 0.495. The summed E-state index contributed by atoms with van der Waals surface area (Å²) in [5, 5.41) is 8.19. The minimum Gasteiger partial charge on any atom is -0.466 e. The van der Waals surface area contributed by atoms with Gasteiger partial charge in [0, 0.05) is 6.42 Å². The Morgan fingerprint density at radius 2 is 2.42 bits per heavy atom. The summed E-state index contributed by atoms with van der Waals surface area (Å²) in [5.41, 5.74) is 0. The van der Waals surface area contributed by atoms with Gasteiger partial charge in [-0.15, -0.1) is 0 Å². The third-order valence-corrected chi connectivity index (χ3v) is 1.89. The maximum Gasteiger partial charge on any atom is 0.348 e. The lowest BCUT2D eigenvalue weighted by Gasteiger charge is -2.09. The average Bonchev–Trinajstić information content (AvgIpc) is 2.11. The van der Waals surface area contributed by atoms with Crippen LogP contribution in [-0.4, -0.2) is 31.2 Å². The van der Waals surface area contributed by atoms with Gasteiger partial charge in [-0.25, -0.2) is 4.79 Å². The number of esters is 1. The van der Waals surface area contributed by atoms with E-state index in [9.17, 15) is 4.79 Å². The molecular formula is C7H11NO3S. The molecule has 0 rings (SSSR count). The number of methoxy groups -OCH3 is 1. The first kappa shape index (κ1) is 11.1. The first-order valence-electron chi connectivity index (χ1n) is 3.37. The number of nitriles is 1. The van der Waals surface area contributed by atoms with Gasteiger partial charge in [0.05, 0.1) is 7.11 Å². The molecule has 0 N–H and O–H groups in total. The monoisotopic (exact) mass is 189 g/mol. The molecule has 1 unspecified atom stereocenters. The van der Waals surface area contributed by atoms with E-state index in [1.807, 2.05) is 6.26 Å². The third-order valence-electron chi connectivity index (χ3n) is 1.24. The van der Waals surface area contributed by atoms with Crippen LogP contribution in [-0.2, 0) is 14.3 Å². The molecule has 0 fully saturated rings. The van der Waals surface area contributed by atoms with E-state index in [4.69, 9.17) is 5.26 Å². The first-order valence-corrected chi connectivity index (χ1v) is 4.77. The quantitative estimate of drug-likeness (QED) is 0.472. The van der Waals surface area contributed by atoms with Gasteiger partial charge in [0.2, 0.25) is 6.10 Å². The maximum atomic E-state index is 10.9. The maximum absolute atomic E-state index is 10.9. The van der Waals surface area contributed by atoms with E-state index in [0.29, 0.717) is 6.42 Å². The summed E-state index contributed by atoms with van der Waals surface area (Å²) in [6.07, 6.45) is 3.16. The van der Waals surface area contributed by atoms with Crippen LogP contribution in [0.4, 0.5) is 0 Å². The zero-order valence-corrected chi connectivity index (χ0v) is 7.89. The molecule has 12 heavy (non-hydrogen) atoms. The van der Waals surface area contributed by atoms with E-state index in [1.165, 1.54) is 13.4 Å². The van der Waals surface area contributed by atoms with E-state index >= 15 is 0 Å². The summed E-state index contributed by atoms with van der Waals surface area (Å²) in [5.74, 6) is 0.271. The Labute approximate surface area is 75.8 Å². The molecule has 0 aliphatic heterocycles. The van der Waals surface area contributed by atoms with Crippen molar-refractivity contribution in [3.63, 3.8) is 0 Å². The minimum atomic E-state index is -0.743. The van der Waals surface area contributed by atoms with E-state index in [1.54, 1.807) is 11.8 Å². The van der Waals surface area contributed by atoms with Gasteiger partial charge in [0.15, 0.2) is 0 Å². The molecule has 0 amide bonds. The van der Waals surface area contributed by atoms with Gasteiger partial charge in [-0.1, -0.05) is 0 Å². The van der Waals surface area contributed by atoms with Gasteiger partial charge in [-0.3, -0.25) is 0 Å². The van der Waals surface area contributed by atoms with Crippen molar-refractivity contribution < 1.29 is 14.3 Å². The van der Waals surface area contributed by atoms with Crippen LogP contribution in [0.25, 0.3) is 0 Å². The molecule has 5 heteroatoms. The van der Waals surface area contributed by atoms with Crippen LogP contribution in [0, 0.1) is 11.5 Å². The Balaban J connectivity index is 3.87. The molecule has 0 aromatic heterocycles. The summed E-state index contributed by atoms with van der Waals surface area (Å²) >= 11 is 1.59. The first-order chi connectivity index (χ1) is 5.76. The van der Waals surface area contributed by atoms with Crippen molar-refractivity contribution in [2.24, 2.45) is 0 Å². The van der Waals surface area contributed by atoms with Crippen LogP contribution in [0.1, 0.15) is 6.42 Å². The number of hydrogen-bond donors (Lipinski definition) is 0. The highest BCUT2D eigenvalue weighted by atomic mass is 32.2. The van der Waals surface area contributed by atoms with Crippen LogP contribution in [0.5, 0.6) is 0 Å². The fraction of sp³-hybridized carbons (Fsp3) is 0.714. The van der Waals surface area contributed by atoms with Crippen molar-refractivity contribution in [2.75, 3.05) is 19.1 Å². The second-order valence-corrected chi connectivity index (χ2v) is 2.99. The number of nitrogens with zero attached hydrogens (tertiary/aromatic N) is 1. The molecular weight excluding hydrogens is 178 g/mol. The normalized spacial score (nSPS) is 11.4. The number of ether oxygens (including phenoxy) is 2. The number of carbonyl (C=O) groups excluding carboxylic acids is 1. The zero-order chi connectivity index (χ0) is 9.40. The Bertz CT molecular complexity index is 178. The Kier molecular flexibility index (Phi) is 6.29. The third kappa shape index (κ3) is 4.09. The van der Waals surface area contributed by atoms with E-state index in [0.717, 1.165) is 5.75 Å². The highest BCUT2D eigenvalue weighted by molar-refractivity contribution is 7.98. The molecule has 0 aromatic carbocycles. The fourth-order valence-corrected chi connectivity index (χ4v) is 1.09. The molecule has 1 atom stereocenters. The van der Waals surface area contributed by atoms with E-state index in [-0.39, 0.29) is 0 Å². The molecule has 0 aromatic rings. The second kappa shape index (κ2) is 6.80. The van der Waals surface area contributed by atoms with E-state index in [2.05, 4.69) is 9.47 Å². The predicted molar refractivity (Wildman–Crippen MR) is 45.5 cm³/mol. The van der Waals surface area contributed by atoms with Crippen molar-refractivity contribution in [1.82, 2.24) is 0 Å². The number of carbonyl (C=O) groups is 1. The Morgan fingerprint density at radius 3 is 2.83 bits per heavy atom. The van der Waals surface area contributed by atoms with Gasteiger partial charge in [0.1, 0.15) is 0 Å². The van der Waals surface area contributed by atoms with Crippen LogP contribution in [0.3, 0.4) is 0 Å². The van der Waals surface area contributed by atoms with Crippen molar-refractivity contribution >= 4 is 17.7 Å². The topological polar surface area (TPSA) is 59.3 Å². The molecule has 0 saturated heterocycles.